The maximum atomic E-state index is 12.5. The van der Waals surface area contributed by atoms with Crippen LogP contribution in [0.15, 0.2) is 36.5 Å². The topological polar surface area (TPSA) is 134 Å². The van der Waals surface area contributed by atoms with Crippen molar-refractivity contribution in [3.8, 4) is 0 Å². The Morgan fingerprint density at radius 1 is 0.588 bits per heavy atom. The monoisotopic (exact) mass is 742 g/mol. The molecule has 10 heteroatoms. The van der Waals surface area contributed by atoms with Crippen LogP contribution in [0, 0.1) is 0 Å². The lowest BCUT2D eigenvalue weighted by Crippen LogP contribution is -2.29. The van der Waals surface area contributed by atoms with Crippen LogP contribution in [0.1, 0.15) is 181 Å². The van der Waals surface area contributed by atoms with Crippen LogP contribution < -0.4 is 5.73 Å². The third-order valence-electron chi connectivity index (χ3n) is 8.50. The van der Waals surface area contributed by atoms with Crippen molar-refractivity contribution in [2.24, 2.45) is 5.73 Å². The van der Waals surface area contributed by atoms with Crippen LogP contribution in [0.25, 0.3) is 0 Å². The number of carbonyl (C=O) groups excluding carboxylic acids is 2. The van der Waals surface area contributed by atoms with Crippen molar-refractivity contribution in [3.63, 3.8) is 0 Å². The second-order valence-electron chi connectivity index (χ2n) is 13.5. The zero-order valence-electron chi connectivity index (χ0n) is 32.6. The van der Waals surface area contributed by atoms with Crippen LogP contribution in [-0.2, 0) is 32.7 Å². The Bertz CT molecular complexity index is 939. The molecular formula is C41H76NO8P. The Hall–Kier alpha value is -1.77. The van der Waals surface area contributed by atoms with E-state index in [1.165, 1.54) is 77.0 Å². The van der Waals surface area contributed by atoms with Gasteiger partial charge in [0.15, 0.2) is 6.10 Å². The number of carbonyl (C=O) groups is 2. The molecule has 0 bridgehead atoms. The van der Waals surface area contributed by atoms with E-state index >= 15 is 0 Å². The summed E-state index contributed by atoms with van der Waals surface area (Å²) in [6.45, 7) is 3.67. The molecule has 0 spiro atoms. The summed E-state index contributed by atoms with van der Waals surface area (Å²) >= 11 is 0. The molecule has 0 aliphatic heterocycles. The molecule has 0 aromatic heterocycles. The summed E-state index contributed by atoms with van der Waals surface area (Å²) in [4.78, 5) is 34.8. The molecule has 298 valence electrons. The number of phosphoric ester groups is 1. The van der Waals surface area contributed by atoms with E-state index in [1.807, 2.05) is 0 Å². The molecule has 0 saturated heterocycles. The molecule has 0 aromatic rings. The molecule has 0 aromatic carbocycles. The van der Waals surface area contributed by atoms with E-state index < -0.39 is 32.5 Å². The van der Waals surface area contributed by atoms with E-state index in [9.17, 15) is 19.0 Å². The average Bonchev–Trinajstić information content (AvgIpc) is 3.11. The Morgan fingerprint density at radius 2 is 1.02 bits per heavy atom. The van der Waals surface area contributed by atoms with Gasteiger partial charge in [-0.2, -0.15) is 0 Å². The smallest absolute Gasteiger partial charge is 0.462 e. The minimum absolute atomic E-state index is 0.0503. The minimum atomic E-state index is -4.38. The summed E-state index contributed by atoms with van der Waals surface area (Å²) < 4.78 is 32.7. The van der Waals surface area contributed by atoms with E-state index in [2.05, 4.69) is 50.3 Å². The molecule has 0 aliphatic carbocycles. The average molecular weight is 742 g/mol. The number of hydrogen-bond acceptors (Lipinski definition) is 8. The largest absolute Gasteiger partial charge is 0.472 e. The first-order chi connectivity index (χ1) is 24.8. The highest BCUT2D eigenvalue weighted by atomic mass is 31.2. The number of phosphoric acid groups is 1. The highest BCUT2D eigenvalue weighted by Gasteiger charge is 2.26. The van der Waals surface area contributed by atoms with Gasteiger partial charge in [-0.1, -0.05) is 134 Å². The number of hydrogen-bond donors (Lipinski definition) is 2. The van der Waals surface area contributed by atoms with Gasteiger partial charge in [0.2, 0.25) is 0 Å². The quantitative estimate of drug-likeness (QED) is 0.0274. The minimum Gasteiger partial charge on any atom is -0.462 e. The number of ether oxygens (including phenoxy) is 2. The number of rotatable bonds is 38. The van der Waals surface area contributed by atoms with Gasteiger partial charge in [0.1, 0.15) is 6.61 Å². The number of allylic oxidation sites excluding steroid dienone is 6. The Kier molecular flexibility index (Phi) is 36.7. The Morgan fingerprint density at radius 3 is 1.55 bits per heavy atom. The molecule has 51 heavy (non-hydrogen) atoms. The molecule has 0 fully saturated rings. The fourth-order valence-corrected chi connectivity index (χ4v) is 6.19. The predicted molar refractivity (Wildman–Crippen MR) is 210 cm³/mol. The van der Waals surface area contributed by atoms with Crippen LogP contribution in [-0.4, -0.2) is 49.3 Å². The molecule has 2 atom stereocenters. The van der Waals surface area contributed by atoms with Gasteiger partial charge in [-0.3, -0.25) is 18.6 Å². The van der Waals surface area contributed by atoms with Gasteiger partial charge in [-0.15, -0.1) is 0 Å². The third-order valence-corrected chi connectivity index (χ3v) is 9.48. The lowest BCUT2D eigenvalue weighted by atomic mass is 10.1. The first-order valence-electron chi connectivity index (χ1n) is 20.5. The van der Waals surface area contributed by atoms with Crippen molar-refractivity contribution in [2.45, 2.75) is 187 Å². The molecular weight excluding hydrogens is 665 g/mol. The normalized spacial score (nSPS) is 13.7. The molecule has 1 unspecified atom stereocenters. The second kappa shape index (κ2) is 38.0. The van der Waals surface area contributed by atoms with E-state index in [-0.39, 0.29) is 32.6 Å². The van der Waals surface area contributed by atoms with Gasteiger partial charge in [0, 0.05) is 19.4 Å². The van der Waals surface area contributed by atoms with Gasteiger partial charge in [0.05, 0.1) is 13.2 Å². The first-order valence-corrected chi connectivity index (χ1v) is 22.0. The van der Waals surface area contributed by atoms with Crippen molar-refractivity contribution in [2.75, 3.05) is 26.4 Å². The summed E-state index contributed by atoms with van der Waals surface area (Å²) in [5.74, 6) is -0.850. The van der Waals surface area contributed by atoms with Crippen molar-refractivity contribution < 1.29 is 37.6 Å². The second-order valence-corrected chi connectivity index (χ2v) is 14.9. The van der Waals surface area contributed by atoms with E-state index in [1.54, 1.807) is 0 Å². The standard InChI is InChI=1S/C41H76NO8P/c1-3-5-7-9-11-13-15-17-19-21-23-25-27-29-31-33-40(43)47-37-39(38-49-51(45,46)48-36-35-42)50-41(44)34-32-30-28-26-24-22-20-18-16-14-12-10-8-6-4-2/h11,13-14,16-17,19,39H,3-10,12,15,18,20-38,42H2,1-2H3,(H,45,46)/b13-11+,16-14+,19-17+/t39-/m1/s1. The molecule has 0 amide bonds. The van der Waals surface area contributed by atoms with Crippen LogP contribution in [0.2, 0.25) is 0 Å². The molecule has 9 nitrogen and oxygen atoms in total. The van der Waals surface area contributed by atoms with Crippen molar-refractivity contribution in [1.82, 2.24) is 0 Å². The maximum Gasteiger partial charge on any atom is 0.472 e. The van der Waals surface area contributed by atoms with E-state index in [0.717, 1.165) is 64.2 Å². The molecule has 0 rings (SSSR count). The number of esters is 2. The van der Waals surface area contributed by atoms with Gasteiger partial charge >= 0.3 is 19.8 Å². The highest BCUT2D eigenvalue weighted by Crippen LogP contribution is 2.43. The van der Waals surface area contributed by atoms with Crippen LogP contribution in [0.5, 0.6) is 0 Å². The van der Waals surface area contributed by atoms with Crippen molar-refractivity contribution in [1.29, 1.82) is 0 Å². The fraction of sp³-hybridized carbons (Fsp3) is 0.805. The van der Waals surface area contributed by atoms with Gasteiger partial charge < -0.3 is 20.1 Å². The zero-order valence-corrected chi connectivity index (χ0v) is 33.5. The van der Waals surface area contributed by atoms with Gasteiger partial charge in [0.25, 0.3) is 0 Å². The highest BCUT2D eigenvalue weighted by molar-refractivity contribution is 7.47. The SMILES string of the molecule is CCCCC/C=C/C/C=C/CCCCCCCC(=O)OC[C@H](COP(=O)(O)OCCN)OC(=O)CCCCCCCCC/C=C/CCCCCC. The number of nitrogens with two attached hydrogens (primary N) is 1. The Balaban J connectivity index is 4.22. The zero-order chi connectivity index (χ0) is 37.5. The third kappa shape index (κ3) is 37.8. The lowest BCUT2D eigenvalue weighted by Gasteiger charge is -2.19. The first kappa shape index (κ1) is 49.2. The summed E-state index contributed by atoms with van der Waals surface area (Å²) in [7, 11) is -4.38. The van der Waals surface area contributed by atoms with Crippen molar-refractivity contribution in [3.05, 3.63) is 36.5 Å². The molecule has 0 aliphatic rings. The Labute approximate surface area is 312 Å². The van der Waals surface area contributed by atoms with E-state index in [4.69, 9.17) is 24.3 Å². The summed E-state index contributed by atoms with van der Waals surface area (Å²) in [5.41, 5.74) is 5.34. The van der Waals surface area contributed by atoms with Crippen LogP contribution in [0.3, 0.4) is 0 Å². The number of unbranched alkanes of at least 4 members (excludes halogenated alkanes) is 19. The molecule has 0 radical (unpaired) electrons. The lowest BCUT2D eigenvalue weighted by molar-refractivity contribution is -0.161. The molecule has 0 saturated carbocycles. The summed E-state index contributed by atoms with van der Waals surface area (Å²) in [5, 5.41) is 0. The van der Waals surface area contributed by atoms with E-state index in [0.29, 0.717) is 12.8 Å². The van der Waals surface area contributed by atoms with Gasteiger partial charge in [-0.25, -0.2) is 4.57 Å². The van der Waals surface area contributed by atoms with Gasteiger partial charge in [-0.05, 0) is 70.6 Å². The van der Waals surface area contributed by atoms with Crippen LogP contribution >= 0.6 is 7.82 Å². The van der Waals surface area contributed by atoms with Crippen molar-refractivity contribution >= 4 is 19.8 Å². The fourth-order valence-electron chi connectivity index (χ4n) is 5.42. The molecule has 0 heterocycles. The maximum absolute atomic E-state index is 12.5. The molecule has 3 N–H and O–H groups in total. The summed E-state index contributed by atoms with van der Waals surface area (Å²) in [6, 6.07) is 0. The van der Waals surface area contributed by atoms with Crippen LogP contribution in [0.4, 0.5) is 0 Å². The predicted octanol–water partition coefficient (Wildman–Crippen LogP) is 11.4. The summed E-state index contributed by atoms with van der Waals surface area (Å²) in [6.07, 6.45) is 40.2.